The summed E-state index contributed by atoms with van der Waals surface area (Å²) in [7, 11) is 0. The van der Waals surface area contributed by atoms with Gasteiger partial charge in [-0.2, -0.15) is 0 Å². The number of carbonyl (C=O) groups excluding carboxylic acids is 1. The van der Waals surface area contributed by atoms with E-state index in [1.807, 2.05) is 0 Å². The monoisotopic (exact) mass is 452 g/mol. The van der Waals surface area contributed by atoms with Crippen molar-refractivity contribution < 1.29 is 55.5 Å². The fourth-order valence-electron chi connectivity index (χ4n) is 3.55. The van der Waals surface area contributed by atoms with Gasteiger partial charge >= 0.3 is 0 Å². The number of aliphatic hydroxyl groups excluding tert-OH is 6. The van der Waals surface area contributed by atoms with E-state index in [1.165, 1.54) is 24.3 Å². The van der Waals surface area contributed by atoms with Crippen molar-refractivity contribution >= 4 is 5.78 Å². The first-order chi connectivity index (χ1) is 15.1. The standard InChI is InChI=1S/C21H24O11/c22-7-13(27)17(28)19(30)20(31)18(29)16-11(25)5-10(24)15-12(26)6-14(32-21(15)16)8-1-3-9(23)4-2-8/h1-5,13-14,17-20,22-25,27-31H,6-7H2/t13-,14-,17-,18+,19-,20+/m0/s1. The molecule has 0 unspecified atom stereocenters. The minimum Gasteiger partial charge on any atom is -0.508 e. The van der Waals surface area contributed by atoms with Gasteiger partial charge in [0.25, 0.3) is 0 Å². The third-order valence-corrected chi connectivity index (χ3v) is 5.35. The van der Waals surface area contributed by atoms with Gasteiger partial charge < -0.3 is 50.7 Å². The van der Waals surface area contributed by atoms with Gasteiger partial charge in [-0.25, -0.2) is 0 Å². The number of phenolic OH excluding ortho intramolecular Hbond substituents is 3. The summed E-state index contributed by atoms with van der Waals surface area (Å²) >= 11 is 0. The number of aromatic hydroxyl groups is 3. The summed E-state index contributed by atoms with van der Waals surface area (Å²) < 4.78 is 5.77. The van der Waals surface area contributed by atoms with Crippen LogP contribution in [-0.4, -0.2) is 82.8 Å². The van der Waals surface area contributed by atoms with Crippen molar-refractivity contribution in [3.05, 3.63) is 47.0 Å². The Kier molecular flexibility index (Phi) is 6.88. The largest absolute Gasteiger partial charge is 0.508 e. The third kappa shape index (κ3) is 4.35. The predicted molar refractivity (Wildman–Crippen MR) is 106 cm³/mol. The molecule has 1 aliphatic rings. The van der Waals surface area contributed by atoms with E-state index in [0.717, 1.165) is 6.07 Å². The van der Waals surface area contributed by atoms with Crippen molar-refractivity contribution in [1.82, 2.24) is 0 Å². The average molecular weight is 452 g/mol. The molecule has 0 bridgehead atoms. The molecular formula is C21H24O11. The Morgan fingerprint density at radius 3 is 2.12 bits per heavy atom. The lowest BCUT2D eigenvalue weighted by Gasteiger charge is -2.32. The Hall–Kier alpha value is -2.93. The third-order valence-electron chi connectivity index (χ3n) is 5.35. The molecule has 32 heavy (non-hydrogen) atoms. The number of Topliss-reactive ketones (excluding diaryl/α,β-unsaturated/α-hetero) is 1. The smallest absolute Gasteiger partial charge is 0.174 e. The van der Waals surface area contributed by atoms with E-state index < -0.39 is 71.8 Å². The molecule has 2 aromatic carbocycles. The molecule has 2 aromatic rings. The molecule has 174 valence electrons. The SMILES string of the molecule is O=C1C[C@@H](c2ccc(O)cc2)Oc2c1c(O)cc(O)c2[C@@H](O)[C@@H](O)[C@@H](O)[C@@H](O)[C@@H](O)CO. The topological polar surface area (TPSA) is 208 Å². The normalized spacial score (nSPS) is 20.6. The minimum absolute atomic E-state index is 0.0246. The first kappa shape index (κ1) is 23.7. The molecule has 1 heterocycles. The van der Waals surface area contributed by atoms with E-state index in [2.05, 4.69) is 0 Å². The molecule has 0 radical (unpaired) electrons. The number of carbonyl (C=O) groups is 1. The second-order valence-electron chi connectivity index (χ2n) is 7.52. The summed E-state index contributed by atoms with van der Waals surface area (Å²) in [5, 5.41) is 89.2. The first-order valence-corrected chi connectivity index (χ1v) is 9.65. The maximum absolute atomic E-state index is 12.7. The quantitative estimate of drug-likeness (QED) is 0.248. The maximum Gasteiger partial charge on any atom is 0.174 e. The predicted octanol–water partition coefficient (Wildman–Crippen LogP) is -1.02. The fourth-order valence-corrected chi connectivity index (χ4v) is 3.55. The summed E-state index contributed by atoms with van der Waals surface area (Å²) in [6.07, 6.45) is -11.5. The number of phenols is 3. The average Bonchev–Trinajstić information content (AvgIpc) is 2.76. The summed E-state index contributed by atoms with van der Waals surface area (Å²) in [4.78, 5) is 12.7. The number of ketones is 1. The zero-order valence-electron chi connectivity index (χ0n) is 16.6. The molecule has 11 heteroatoms. The van der Waals surface area contributed by atoms with Crippen LogP contribution in [0.3, 0.4) is 0 Å². The molecule has 0 aliphatic carbocycles. The highest BCUT2D eigenvalue weighted by Crippen LogP contribution is 2.48. The van der Waals surface area contributed by atoms with Gasteiger partial charge in [-0.3, -0.25) is 4.79 Å². The molecule has 0 saturated heterocycles. The molecule has 0 spiro atoms. The van der Waals surface area contributed by atoms with E-state index >= 15 is 0 Å². The van der Waals surface area contributed by atoms with Crippen LogP contribution in [0.15, 0.2) is 30.3 Å². The van der Waals surface area contributed by atoms with Crippen molar-refractivity contribution in [3.63, 3.8) is 0 Å². The van der Waals surface area contributed by atoms with Gasteiger partial charge in [-0.15, -0.1) is 0 Å². The molecule has 1 aliphatic heterocycles. The van der Waals surface area contributed by atoms with Crippen LogP contribution in [-0.2, 0) is 0 Å². The number of hydrogen-bond acceptors (Lipinski definition) is 11. The Labute approximate surface area is 181 Å². The van der Waals surface area contributed by atoms with E-state index in [9.17, 15) is 45.6 Å². The zero-order chi connectivity index (χ0) is 23.7. The minimum atomic E-state index is -2.20. The number of hydrogen-bond donors (Lipinski definition) is 9. The molecule has 0 aromatic heterocycles. The molecule has 0 fully saturated rings. The zero-order valence-corrected chi connectivity index (χ0v) is 16.6. The van der Waals surface area contributed by atoms with Crippen LogP contribution < -0.4 is 4.74 Å². The maximum atomic E-state index is 12.7. The fraction of sp³-hybridized carbons (Fsp3) is 0.381. The van der Waals surface area contributed by atoms with Gasteiger partial charge in [0.15, 0.2) is 5.78 Å². The van der Waals surface area contributed by atoms with E-state index in [4.69, 9.17) is 9.84 Å². The van der Waals surface area contributed by atoms with E-state index in [-0.39, 0.29) is 17.7 Å². The van der Waals surface area contributed by atoms with Crippen LogP contribution in [0, 0.1) is 0 Å². The molecule has 0 saturated carbocycles. The summed E-state index contributed by atoms with van der Waals surface area (Å²) in [5.74, 6) is -2.46. The van der Waals surface area contributed by atoms with Crippen LogP contribution in [0.1, 0.15) is 40.1 Å². The number of benzene rings is 2. The Morgan fingerprint density at radius 1 is 0.906 bits per heavy atom. The molecular weight excluding hydrogens is 428 g/mol. The van der Waals surface area contributed by atoms with Gasteiger partial charge in [0, 0.05) is 6.07 Å². The van der Waals surface area contributed by atoms with Gasteiger partial charge in [0.05, 0.1) is 18.6 Å². The summed E-state index contributed by atoms with van der Waals surface area (Å²) in [5.41, 5.74) is -0.427. The highest BCUT2D eigenvalue weighted by atomic mass is 16.5. The van der Waals surface area contributed by atoms with Crippen molar-refractivity contribution in [2.75, 3.05) is 6.61 Å². The van der Waals surface area contributed by atoms with Gasteiger partial charge in [-0.1, -0.05) is 12.1 Å². The van der Waals surface area contributed by atoms with Crippen molar-refractivity contribution in [2.24, 2.45) is 0 Å². The van der Waals surface area contributed by atoms with Crippen molar-refractivity contribution in [3.8, 4) is 23.0 Å². The second-order valence-corrected chi connectivity index (χ2v) is 7.52. The molecule has 6 atom stereocenters. The van der Waals surface area contributed by atoms with Crippen molar-refractivity contribution in [1.29, 1.82) is 0 Å². The van der Waals surface area contributed by atoms with Crippen LogP contribution in [0.4, 0.5) is 0 Å². The number of aliphatic hydroxyl groups is 6. The Morgan fingerprint density at radius 2 is 1.53 bits per heavy atom. The van der Waals surface area contributed by atoms with E-state index in [1.54, 1.807) is 0 Å². The molecule has 11 nitrogen and oxygen atoms in total. The highest BCUT2D eigenvalue weighted by molar-refractivity contribution is 6.03. The molecule has 0 amide bonds. The second kappa shape index (κ2) is 9.28. The van der Waals surface area contributed by atoms with Crippen LogP contribution in [0.5, 0.6) is 23.0 Å². The lowest BCUT2D eigenvalue weighted by atomic mass is 9.89. The summed E-state index contributed by atoms with van der Waals surface area (Å²) in [6.45, 7) is -0.938. The highest BCUT2D eigenvalue weighted by Gasteiger charge is 2.40. The van der Waals surface area contributed by atoms with Crippen LogP contribution in [0.25, 0.3) is 0 Å². The van der Waals surface area contributed by atoms with E-state index in [0.29, 0.717) is 5.56 Å². The Bertz CT molecular complexity index is 975. The van der Waals surface area contributed by atoms with Gasteiger partial charge in [-0.05, 0) is 17.7 Å². The first-order valence-electron chi connectivity index (χ1n) is 9.65. The summed E-state index contributed by atoms with van der Waals surface area (Å²) in [6, 6.07) is 6.47. The Balaban J connectivity index is 2.02. The van der Waals surface area contributed by atoms with Crippen LogP contribution >= 0.6 is 0 Å². The lowest BCUT2D eigenvalue weighted by Crippen LogP contribution is -2.47. The number of ether oxygens (including phenoxy) is 1. The molecule has 3 rings (SSSR count). The van der Waals surface area contributed by atoms with Gasteiger partial charge in [0.1, 0.15) is 65.2 Å². The lowest BCUT2D eigenvalue weighted by molar-refractivity contribution is -0.141. The number of rotatable bonds is 7. The van der Waals surface area contributed by atoms with Gasteiger partial charge in [0.2, 0.25) is 0 Å². The van der Waals surface area contributed by atoms with Crippen molar-refractivity contribution in [2.45, 2.75) is 43.0 Å². The number of fused-ring (bicyclic) bond motifs is 1. The molecule has 9 N–H and O–H groups in total. The van der Waals surface area contributed by atoms with Crippen LogP contribution in [0.2, 0.25) is 0 Å².